The number of hydrogen-bond acceptors (Lipinski definition) is 2. The van der Waals surface area contributed by atoms with Crippen molar-refractivity contribution in [1.82, 2.24) is 0 Å². The Morgan fingerprint density at radius 3 is 2.58 bits per heavy atom. The van der Waals surface area contributed by atoms with E-state index in [0.29, 0.717) is 5.92 Å². The molecule has 12 heavy (non-hydrogen) atoms. The molecule has 1 unspecified atom stereocenters. The van der Waals surface area contributed by atoms with E-state index in [0.717, 1.165) is 0 Å². The fourth-order valence-corrected chi connectivity index (χ4v) is 1.77. The lowest BCUT2D eigenvalue weighted by Crippen LogP contribution is -2.21. The van der Waals surface area contributed by atoms with Crippen molar-refractivity contribution in [2.24, 2.45) is 5.92 Å². The highest BCUT2D eigenvalue weighted by molar-refractivity contribution is 5.78. The lowest BCUT2D eigenvalue weighted by Gasteiger charge is -2.18. The van der Waals surface area contributed by atoms with E-state index in [9.17, 15) is 4.79 Å². The van der Waals surface area contributed by atoms with Gasteiger partial charge in [0.05, 0.1) is 6.42 Å². The molecule has 1 saturated carbocycles. The van der Waals surface area contributed by atoms with Crippen LogP contribution in [0.15, 0.2) is 0 Å². The monoisotopic (exact) mass is 169 g/mol. The molecule has 0 aromatic rings. The summed E-state index contributed by atoms with van der Waals surface area (Å²) in [4.78, 5) is 10.9. The predicted molar refractivity (Wildman–Crippen MR) is 47.5 cm³/mol. The molecule has 0 aliphatic heterocycles. The van der Waals surface area contributed by atoms with Crippen molar-refractivity contribution in [1.29, 1.82) is 0 Å². The van der Waals surface area contributed by atoms with Gasteiger partial charge in [0.2, 0.25) is 0 Å². The van der Waals surface area contributed by atoms with Crippen LogP contribution < -0.4 is 0 Å². The molecule has 1 atom stereocenters. The molecule has 1 fully saturated rings. The highest BCUT2D eigenvalue weighted by atomic mass is 16.5. The van der Waals surface area contributed by atoms with Crippen molar-refractivity contribution in [3.8, 4) is 0 Å². The first-order chi connectivity index (χ1) is 5.74. The first-order valence-corrected chi connectivity index (χ1v) is 4.74. The summed E-state index contributed by atoms with van der Waals surface area (Å²) in [6.07, 6.45) is 6.61. The van der Waals surface area contributed by atoms with Gasteiger partial charge in [0.15, 0.2) is 0 Å². The van der Waals surface area contributed by atoms with E-state index in [2.05, 4.69) is 0 Å². The van der Waals surface area contributed by atoms with E-state index >= 15 is 0 Å². The maximum Gasteiger partial charge on any atom is 0.309 e. The molecular formula is C10H17O2. The summed E-state index contributed by atoms with van der Waals surface area (Å²) in [5.41, 5.74) is 0. The second-order valence-electron chi connectivity index (χ2n) is 3.48. The normalized spacial score (nSPS) is 20.8. The van der Waals surface area contributed by atoms with Crippen LogP contribution in [-0.2, 0) is 9.53 Å². The van der Waals surface area contributed by atoms with E-state index in [1.807, 2.05) is 6.92 Å². The van der Waals surface area contributed by atoms with Gasteiger partial charge < -0.3 is 4.74 Å². The van der Waals surface area contributed by atoms with Crippen molar-refractivity contribution < 1.29 is 9.53 Å². The highest BCUT2D eigenvalue weighted by Gasteiger charge is 2.23. The molecule has 0 heterocycles. The Labute approximate surface area is 74.3 Å². The van der Waals surface area contributed by atoms with Crippen molar-refractivity contribution in [2.45, 2.75) is 45.6 Å². The third-order valence-electron chi connectivity index (χ3n) is 2.60. The maximum absolute atomic E-state index is 10.9. The minimum absolute atomic E-state index is 0.108. The summed E-state index contributed by atoms with van der Waals surface area (Å²) in [6, 6.07) is 0. The first kappa shape index (κ1) is 9.56. The Morgan fingerprint density at radius 2 is 2.08 bits per heavy atom. The van der Waals surface area contributed by atoms with E-state index in [1.54, 1.807) is 6.92 Å². The van der Waals surface area contributed by atoms with Gasteiger partial charge in [-0.2, -0.15) is 0 Å². The third-order valence-corrected chi connectivity index (χ3v) is 2.60. The van der Waals surface area contributed by atoms with Gasteiger partial charge in [-0.25, -0.2) is 0 Å². The lowest BCUT2D eigenvalue weighted by molar-refractivity contribution is -0.146. The molecule has 0 aromatic heterocycles. The number of hydrogen-bond donors (Lipinski definition) is 0. The topological polar surface area (TPSA) is 26.3 Å². The number of esters is 1. The van der Waals surface area contributed by atoms with Crippen LogP contribution >= 0.6 is 0 Å². The molecule has 69 valence electrons. The Balaban J connectivity index is 2.26. The van der Waals surface area contributed by atoms with Gasteiger partial charge in [0.25, 0.3) is 0 Å². The molecule has 0 aromatic carbocycles. The SMILES string of the molecule is C[CH]C(=O)OC(C)C1CCCC1. The van der Waals surface area contributed by atoms with Crippen molar-refractivity contribution in [2.75, 3.05) is 0 Å². The zero-order valence-electron chi connectivity index (χ0n) is 7.88. The molecule has 0 amide bonds. The quantitative estimate of drug-likeness (QED) is 0.606. The molecule has 0 spiro atoms. The van der Waals surface area contributed by atoms with Crippen LogP contribution in [-0.4, -0.2) is 12.1 Å². The van der Waals surface area contributed by atoms with Gasteiger partial charge in [0.1, 0.15) is 6.10 Å². The fourth-order valence-electron chi connectivity index (χ4n) is 1.77. The summed E-state index contributed by atoms with van der Waals surface area (Å²) < 4.78 is 5.19. The summed E-state index contributed by atoms with van der Waals surface area (Å²) in [7, 11) is 0. The van der Waals surface area contributed by atoms with Gasteiger partial charge in [0, 0.05) is 0 Å². The standard InChI is InChI=1S/C10H17O2/c1-3-10(11)12-8(2)9-6-4-5-7-9/h3,8-9H,4-7H2,1-2H3. The van der Waals surface area contributed by atoms with E-state index < -0.39 is 0 Å². The molecule has 1 aliphatic rings. The summed E-state index contributed by atoms with van der Waals surface area (Å²) in [5, 5.41) is 0. The van der Waals surface area contributed by atoms with Crippen molar-refractivity contribution in [3.05, 3.63) is 6.42 Å². The summed E-state index contributed by atoms with van der Waals surface area (Å²) in [5.74, 6) is 0.420. The van der Waals surface area contributed by atoms with E-state index in [4.69, 9.17) is 4.74 Å². The molecule has 0 saturated heterocycles. The Kier molecular flexibility index (Phi) is 3.57. The minimum atomic E-state index is -0.186. The van der Waals surface area contributed by atoms with Crippen molar-refractivity contribution in [3.63, 3.8) is 0 Å². The molecule has 2 nitrogen and oxygen atoms in total. The number of rotatable bonds is 3. The highest BCUT2D eigenvalue weighted by Crippen LogP contribution is 2.29. The third kappa shape index (κ3) is 2.50. The molecule has 1 aliphatic carbocycles. The van der Waals surface area contributed by atoms with Gasteiger partial charge >= 0.3 is 5.97 Å². The van der Waals surface area contributed by atoms with Crippen LogP contribution in [0.3, 0.4) is 0 Å². The van der Waals surface area contributed by atoms with Crippen LogP contribution in [0.4, 0.5) is 0 Å². The summed E-state index contributed by atoms with van der Waals surface area (Å²) >= 11 is 0. The zero-order valence-corrected chi connectivity index (χ0v) is 7.88. The molecule has 1 rings (SSSR count). The van der Waals surface area contributed by atoms with E-state index in [1.165, 1.54) is 32.1 Å². The van der Waals surface area contributed by atoms with Gasteiger partial charge in [-0.1, -0.05) is 19.8 Å². The summed E-state index contributed by atoms with van der Waals surface area (Å²) in [6.45, 7) is 3.71. The van der Waals surface area contributed by atoms with Crippen molar-refractivity contribution >= 4 is 5.97 Å². The number of ether oxygens (including phenoxy) is 1. The zero-order chi connectivity index (χ0) is 8.97. The second-order valence-corrected chi connectivity index (χ2v) is 3.48. The second kappa shape index (κ2) is 4.48. The van der Waals surface area contributed by atoms with Crippen LogP contribution in [0.25, 0.3) is 0 Å². The minimum Gasteiger partial charge on any atom is -0.462 e. The number of carbonyl (C=O) groups excluding carboxylic acids is 1. The Hall–Kier alpha value is -0.530. The Morgan fingerprint density at radius 1 is 1.50 bits per heavy atom. The predicted octanol–water partition coefficient (Wildman–Crippen LogP) is 2.33. The molecular weight excluding hydrogens is 152 g/mol. The van der Waals surface area contributed by atoms with Gasteiger partial charge in [-0.05, 0) is 25.7 Å². The fraction of sp³-hybridized carbons (Fsp3) is 0.800. The molecule has 2 heteroatoms. The Bertz CT molecular complexity index is 148. The maximum atomic E-state index is 10.9. The first-order valence-electron chi connectivity index (χ1n) is 4.74. The average Bonchev–Trinajstić information content (AvgIpc) is 2.56. The van der Waals surface area contributed by atoms with Gasteiger partial charge in [-0.15, -0.1) is 0 Å². The molecule has 1 radical (unpaired) electrons. The molecule has 0 N–H and O–H groups in total. The lowest BCUT2D eigenvalue weighted by atomic mass is 10.0. The number of carbonyl (C=O) groups is 1. The average molecular weight is 169 g/mol. The van der Waals surface area contributed by atoms with Crippen LogP contribution in [0, 0.1) is 12.3 Å². The van der Waals surface area contributed by atoms with E-state index in [-0.39, 0.29) is 12.1 Å². The van der Waals surface area contributed by atoms with Gasteiger partial charge in [-0.3, -0.25) is 4.79 Å². The molecule has 0 bridgehead atoms. The van der Waals surface area contributed by atoms with Crippen LogP contribution in [0.5, 0.6) is 0 Å². The van der Waals surface area contributed by atoms with Crippen LogP contribution in [0.2, 0.25) is 0 Å². The van der Waals surface area contributed by atoms with Crippen LogP contribution in [0.1, 0.15) is 39.5 Å². The largest absolute Gasteiger partial charge is 0.462 e. The smallest absolute Gasteiger partial charge is 0.309 e.